The number of rotatable bonds is 2. The second-order valence-electron chi connectivity index (χ2n) is 3.77. The molecule has 13 heavy (non-hydrogen) atoms. The van der Waals surface area contributed by atoms with Crippen molar-refractivity contribution in [3.05, 3.63) is 28.8 Å². The number of para-hydroxylation sites is 1. The molecule has 0 aliphatic heterocycles. The molecule has 0 atom stereocenters. The van der Waals surface area contributed by atoms with Crippen molar-refractivity contribution in [2.24, 2.45) is 0 Å². The van der Waals surface area contributed by atoms with Gasteiger partial charge in [-0.3, -0.25) is 0 Å². The molecule has 1 fully saturated rings. The predicted octanol–water partition coefficient (Wildman–Crippen LogP) is 3.49. The number of phenols is 1. The minimum atomic E-state index is 0.231. The van der Waals surface area contributed by atoms with Crippen molar-refractivity contribution < 1.29 is 5.11 Å². The average Bonchev–Trinajstić information content (AvgIpc) is 2.90. The van der Waals surface area contributed by atoms with Gasteiger partial charge in [-0.05, 0) is 30.7 Å². The highest BCUT2D eigenvalue weighted by Crippen LogP contribution is 2.54. The first kappa shape index (κ1) is 8.89. The quantitative estimate of drug-likeness (QED) is 0.768. The van der Waals surface area contributed by atoms with Crippen LogP contribution in [0.1, 0.15) is 31.7 Å². The van der Waals surface area contributed by atoms with Crippen molar-refractivity contribution in [3.63, 3.8) is 0 Å². The van der Waals surface area contributed by atoms with Crippen molar-refractivity contribution in [3.8, 4) is 5.75 Å². The van der Waals surface area contributed by atoms with E-state index >= 15 is 0 Å². The molecule has 2 heteroatoms. The molecule has 1 nitrogen and oxygen atoms in total. The first-order valence-electron chi connectivity index (χ1n) is 4.67. The van der Waals surface area contributed by atoms with Crippen LogP contribution < -0.4 is 0 Å². The zero-order valence-corrected chi connectivity index (χ0v) is 8.43. The van der Waals surface area contributed by atoms with Crippen molar-refractivity contribution in [2.75, 3.05) is 0 Å². The number of halogens is 1. The Morgan fingerprint density at radius 1 is 1.46 bits per heavy atom. The monoisotopic (exact) mass is 196 g/mol. The Hall–Kier alpha value is -0.690. The van der Waals surface area contributed by atoms with E-state index in [4.69, 9.17) is 11.6 Å². The van der Waals surface area contributed by atoms with Crippen molar-refractivity contribution in [1.29, 1.82) is 0 Å². The van der Waals surface area contributed by atoms with E-state index in [1.165, 1.54) is 12.8 Å². The Kier molecular flexibility index (Phi) is 1.99. The Bertz CT molecular complexity index is 329. The topological polar surface area (TPSA) is 20.2 Å². The lowest BCUT2D eigenvalue weighted by Crippen LogP contribution is -2.04. The molecule has 0 amide bonds. The molecule has 1 aromatic carbocycles. The summed E-state index contributed by atoms with van der Waals surface area (Å²) in [6.45, 7) is 2.16. The second kappa shape index (κ2) is 2.91. The van der Waals surface area contributed by atoms with Gasteiger partial charge < -0.3 is 5.11 Å². The maximum absolute atomic E-state index is 9.77. The average molecular weight is 197 g/mol. The van der Waals surface area contributed by atoms with Gasteiger partial charge >= 0.3 is 0 Å². The number of benzene rings is 1. The van der Waals surface area contributed by atoms with Crippen LogP contribution in [-0.4, -0.2) is 5.11 Å². The van der Waals surface area contributed by atoms with Gasteiger partial charge in [-0.15, -0.1) is 0 Å². The van der Waals surface area contributed by atoms with Crippen LogP contribution in [0.5, 0.6) is 5.75 Å². The van der Waals surface area contributed by atoms with E-state index < -0.39 is 0 Å². The molecule has 0 heterocycles. The third-order valence-corrected chi connectivity index (χ3v) is 3.39. The van der Waals surface area contributed by atoms with Crippen LogP contribution in [0.2, 0.25) is 5.02 Å². The van der Waals surface area contributed by atoms with E-state index in [1.807, 2.05) is 12.1 Å². The van der Waals surface area contributed by atoms with Crippen LogP contribution in [0.4, 0.5) is 0 Å². The third kappa shape index (κ3) is 1.31. The SMILES string of the molecule is CCC1(c2cccc(Cl)c2O)CC1. The first-order chi connectivity index (χ1) is 6.19. The fourth-order valence-corrected chi connectivity index (χ4v) is 2.08. The molecule has 1 aliphatic carbocycles. The van der Waals surface area contributed by atoms with E-state index in [-0.39, 0.29) is 11.2 Å². The van der Waals surface area contributed by atoms with E-state index in [0.717, 1.165) is 12.0 Å². The maximum Gasteiger partial charge on any atom is 0.137 e. The second-order valence-corrected chi connectivity index (χ2v) is 4.18. The minimum Gasteiger partial charge on any atom is -0.506 e. The summed E-state index contributed by atoms with van der Waals surface area (Å²) >= 11 is 5.85. The lowest BCUT2D eigenvalue weighted by Gasteiger charge is -2.14. The van der Waals surface area contributed by atoms with Gasteiger partial charge in [0.2, 0.25) is 0 Å². The highest BCUT2D eigenvalue weighted by molar-refractivity contribution is 6.32. The fraction of sp³-hybridized carbons (Fsp3) is 0.455. The first-order valence-corrected chi connectivity index (χ1v) is 5.05. The molecule has 1 aliphatic rings. The third-order valence-electron chi connectivity index (χ3n) is 3.09. The normalized spacial score (nSPS) is 18.6. The largest absolute Gasteiger partial charge is 0.506 e. The summed E-state index contributed by atoms with van der Waals surface area (Å²) in [5, 5.41) is 10.2. The Balaban J connectivity index is 2.46. The van der Waals surface area contributed by atoms with Gasteiger partial charge in [-0.2, -0.15) is 0 Å². The minimum absolute atomic E-state index is 0.231. The van der Waals surface area contributed by atoms with Crippen LogP contribution >= 0.6 is 11.6 Å². The van der Waals surface area contributed by atoms with Crippen LogP contribution in [0.3, 0.4) is 0 Å². The Morgan fingerprint density at radius 3 is 2.69 bits per heavy atom. The Labute approximate surface area is 83.3 Å². The van der Waals surface area contributed by atoms with Crippen molar-refractivity contribution in [1.82, 2.24) is 0 Å². The maximum atomic E-state index is 9.77. The predicted molar refractivity (Wildman–Crippen MR) is 54.3 cm³/mol. The summed E-state index contributed by atoms with van der Waals surface area (Å²) < 4.78 is 0. The lowest BCUT2D eigenvalue weighted by atomic mass is 9.92. The fourth-order valence-electron chi connectivity index (χ4n) is 1.91. The van der Waals surface area contributed by atoms with Gasteiger partial charge in [-0.25, -0.2) is 0 Å². The van der Waals surface area contributed by atoms with Gasteiger partial charge in [0.15, 0.2) is 0 Å². The molecule has 70 valence electrons. The van der Waals surface area contributed by atoms with Crippen LogP contribution in [0, 0.1) is 0 Å². The van der Waals surface area contributed by atoms with Crippen LogP contribution in [-0.2, 0) is 5.41 Å². The molecule has 0 spiro atoms. The van der Waals surface area contributed by atoms with E-state index in [0.29, 0.717) is 5.02 Å². The van der Waals surface area contributed by atoms with Crippen molar-refractivity contribution in [2.45, 2.75) is 31.6 Å². The van der Waals surface area contributed by atoms with Gasteiger partial charge in [0.05, 0.1) is 5.02 Å². The standard InChI is InChI=1S/C11H13ClO/c1-2-11(6-7-11)8-4-3-5-9(12)10(8)13/h3-5,13H,2,6-7H2,1H3. The molecular weight excluding hydrogens is 184 g/mol. The molecule has 0 saturated heterocycles. The van der Waals surface area contributed by atoms with Crippen LogP contribution in [0.15, 0.2) is 18.2 Å². The van der Waals surface area contributed by atoms with E-state index in [1.54, 1.807) is 6.07 Å². The highest BCUT2D eigenvalue weighted by atomic mass is 35.5. The molecule has 1 N–H and O–H groups in total. The van der Waals surface area contributed by atoms with Gasteiger partial charge in [-0.1, -0.05) is 30.7 Å². The summed E-state index contributed by atoms with van der Waals surface area (Å²) in [5.74, 6) is 0.281. The highest BCUT2D eigenvalue weighted by Gasteiger charge is 2.44. The molecule has 1 aromatic rings. The van der Waals surface area contributed by atoms with E-state index in [9.17, 15) is 5.11 Å². The Morgan fingerprint density at radius 2 is 2.15 bits per heavy atom. The smallest absolute Gasteiger partial charge is 0.137 e. The van der Waals surface area contributed by atoms with Gasteiger partial charge in [0, 0.05) is 5.56 Å². The zero-order chi connectivity index (χ0) is 9.47. The van der Waals surface area contributed by atoms with Gasteiger partial charge in [0.1, 0.15) is 5.75 Å². The number of hydrogen-bond donors (Lipinski definition) is 1. The summed E-state index contributed by atoms with van der Waals surface area (Å²) in [5.41, 5.74) is 1.26. The molecule has 1 saturated carbocycles. The van der Waals surface area contributed by atoms with Gasteiger partial charge in [0.25, 0.3) is 0 Å². The number of aromatic hydroxyl groups is 1. The molecule has 0 aromatic heterocycles. The van der Waals surface area contributed by atoms with Crippen LogP contribution in [0.25, 0.3) is 0 Å². The van der Waals surface area contributed by atoms with Crippen molar-refractivity contribution >= 4 is 11.6 Å². The summed E-state index contributed by atoms with van der Waals surface area (Å²) in [6, 6.07) is 5.62. The molecule has 0 unspecified atom stereocenters. The molecule has 0 radical (unpaired) electrons. The summed E-state index contributed by atoms with van der Waals surface area (Å²) in [4.78, 5) is 0. The number of phenolic OH excluding ortho intramolecular Hbond substituents is 1. The lowest BCUT2D eigenvalue weighted by molar-refractivity contribution is 0.457. The molecule has 0 bridgehead atoms. The molecule has 2 rings (SSSR count). The number of hydrogen-bond acceptors (Lipinski definition) is 1. The summed E-state index contributed by atoms with van der Waals surface area (Å²) in [7, 11) is 0. The summed E-state index contributed by atoms with van der Waals surface area (Å²) in [6.07, 6.45) is 3.44. The molecular formula is C11H13ClO. The zero-order valence-electron chi connectivity index (χ0n) is 7.68. The van der Waals surface area contributed by atoms with E-state index in [2.05, 4.69) is 6.92 Å².